The third kappa shape index (κ3) is 2.55. The number of hydrogen-bond acceptors (Lipinski definition) is 6. The lowest BCUT2D eigenvalue weighted by Crippen LogP contribution is -2.48. The Morgan fingerprint density at radius 1 is 1.21 bits per heavy atom. The van der Waals surface area contributed by atoms with E-state index in [1.54, 1.807) is 6.20 Å². The molecule has 0 bridgehead atoms. The Balaban J connectivity index is 1.62. The first kappa shape index (κ1) is 12.0. The van der Waals surface area contributed by atoms with Crippen LogP contribution in [0.3, 0.4) is 0 Å². The van der Waals surface area contributed by atoms with Crippen LogP contribution in [-0.2, 0) is 0 Å². The van der Waals surface area contributed by atoms with Crippen LogP contribution in [0.1, 0.15) is 9.67 Å². The molecule has 7 heteroatoms. The second-order valence-electron chi connectivity index (χ2n) is 4.25. The van der Waals surface area contributed by atoms with Gasteiger partial charge in [-0.15, -0.1) is 5.10 Å². The molecule has 2 aromatic rings. The van der Waals surface area contributed by atoms with Crippen molar-refractivity contribution in [3.8, 4) is 0 Å². The van der Waals surface area contributed by atoms with Gasteiger partial charge in [-0.05, 0) is 23.7 Å². The maximum absolute atomic E-state index is 12.1. The van der Waals surface area contributed by atoms with E-state index >= 15 is 0 Å². The fourth-order valence-electron chi connectivity index (χ4n) is 2.10. The normalized spacial score (nSPS) is 15.6. The third-order valence-corrected chi connectivity index (χ3v) is 3.76. The molecule has 0 N–H and O–H groups in total. The van der Waals surface area contributed by atoms with Crippen LogP contribution >= 0.6 is 11.5 Å². The predicted molar refractivity (Wildman–Crippen MR) is 72.3 cm³/mol. The maximum atomic E-state index is 12.1. The summed E-state index contributed by atoms with van der Waals surface area (Å²) in [4.78, 5) is 21.1. The van der Waals surface area contributed by atoms with Crippen LogP contribution in [0.5, 0.6) is 0 Å². The summed E-state index contributed by atoms with van der Waals surface area (Å²) in [6.45, 7) is 3.00. The van der Waals surface area contributed by atoms with Gasteiger partial charge < -0.3 is 9.80 Å². The maximum Gasteiger partial charge on any atom is 0.267 e. The Kier molecular flexibility index (Phi) is 3.37. The fourth-order valence-corrected chi connectivity index (χ4v) is 2.58. The first-order valence-electron chi connectivity index (χ1n) is 6.07. The van der Waals surface area contributed by atoms with E-state index in [2.05, 4.69) is 19.5 Å². The van der Waals surface area contributed by atoms with Gasteiger partial charge in [0.15, 0.2) is 0 Å². The molecule has 1 aliphatic heterocycles. The number of piperazine rings is 1. The highest BCUT2D eigenvalue weighted by molar-refractivity contribution is 7.07. The minimum atomic E-state index is 0.0238. The number of aromatic nitrogens is 3. The van der Waals surface area contributed by atoms with Crippen molar-refractivity contribution in [2.24, 2.45) is 0 Å². The van der Waals surface area contributed by atoms with Crippen molar-refractivity contribution in [1.82, 2.24) is 19.5 Å². The first-order chi connectivity index (χ1) is 9.34. The molecular weight excluding hydrogens is 262 g/mol. The van der Waals surface area contributed by atoms with E-state index in [0.29, 0.717) is 18.0 Å². The molecule has 3 rings (SSSR count). The van der Waals surface area contributed by atoms with Gasteiger partial charge >= 0.3 is 0 Å². The second-order valence-corrected chi connectivity index (χ2v) is 5.03. The standard InChI is InChI=1S/C12H13N5OS/c18-12(10-9-14-15-19-10)17-7-5-16(6-8-17)11-3-1-2-4-13-11/h1-4,9H,5-8H2. The number of carbonyl (C=O) groups excluding carboxylic acids is 1. The average molecular weight is 275 g/mol. The van der Waals surface area contributed by atoms with E-state index < -0.39 is 0 Å². The van der Waals surface area contributed by atoms with Crippen molar-refractivity contribution >= 4 is 23.3 Å². The van der Waals surface area contributed by atoms with Crippen LogP contribution in [0.4, 0.5) is 5.82 Å². The molecule has 0 spiro atoms. The zero-order chi connectivity index (χ0) is 13.1. The molecule has 1 aliphatic rings. The lowest BCUT2D eigenvalue weighted by Gasteiger charge is -2.35. The lowest BCUT2D eigenvalue weighted by atomic mass is 10.3. The van der Waals surface area contributed by atoms with E-state index in [9.17, 15) is 4.79 Å². The molecule has 2 aromatic heterocycles. The minimum absolute atomic E-state index is 0.0238. The van der Waals surface area contributed by atoms with Gasteiger partial charge in [-0.25, -0.2) is 4.98 Å². The molecule has 19 heavy (non-hydrogen) atoms. The summed E-state index contributed by atoms with van der Waals surface area (Å²) in [5.74, 6) is 0.990. The van der Waals surface area contributed by atoms with Crippen molar-refractivity contribution in [3.63, 3.8) is 0 Å². The van der Waals surface area contributed by atoms with Gasteiger partial charge in [0, 0.05) is 32.4 Å². The van der Waals surface area contributed by atoms with Crippen LogP contribution in [0.15, 0.2) is 30.6 Å². The highest BCUT2D eigenvalue weighted by Crippen LogP contribution is 2.15. The number of pyridine rings is 1. The Morgan fingerprint density at radius 2 is 2.05 bits per heavy atom. The van der Waals surface area contributed by atoms with Crippen LogP contribution < -0.4 is 4.90 Å². The quantitative estimate of drug-likeness (QED) is 0.814. The molecule has 1 fully saturated rings. The largest absolute Gasteiger partial charge is 0.353 e. The number of amides is 1. The van der Waals surface area contributed by atoms with Gasteiger partial charge in [0.05, 0.1) is 6.20 Å². The Hall–Kier alpha value is -2.02. The summed E-state index contributed by atoms with van der Waals surface area (Å²) in [5, 5.41) is 3.70. The van der Waals surface area contributed by atoms with Gasteiger partial charge in [-0.3, -0.25) is 4.79 Å². The van der Waals surface area contributed by atoms with Gasteiger partial charge in [0.1, 0.15) is 10.7 Å². The Bertz CT molecular complexity index is 537. The molecule has 0 radical (unpaired) electrons. The topological polar surface area (TPSA) is 62.2 Å². The highest BCUT2D eigenvalue weighted by atomic mass is 32.1. The van der Waals surface area contributed by atoms with Crippen LogP contribution in [0, 0.1) is 0 Å². The van der Waals surface area contributed by atoms with Gasteiger partial charge in [0.2, 0.25) is 0 Å². The van der Waals surface area contributed by atoms with Gasteiger partial charge in [-0.2, -0.15) is 0 Å². The summed E-state index contributed by atoms with van der Waals surface area (Å²) in [5.41, 5.74) is 0. The number of carbonyl (C=O) groups is 1. The van der Waals surface area contributed by atoms with E-state index in [1.165, 1.54) is 6.20 Å². The fraction of sp³-hybridized carbons (Fsp3) is 0.333. The number of hydrogen-bond donors (Lipinski definition) is 0. The molecular formula is C12H13N5OS. The van der Waals surface area contributed by atoms with Crippen LogP contribution in [0.25, 0.3) is 0 Å². The lowest BCUT2D eigenvalue weighted by molar-refractivity contribution is 0.0751. The van der Waals surface area contributed by atoms with Crippen molar-refractivity contribution < 1.29 is 4.79 Å². The first-order valence-corrected chi connectivity index (χ1v) is 6.84. The van der Waals surface area contributed by atoms with Crippen molar-refractivity contribution in [3.05, 3.63) is 35.5 Å². The molecule has 1 amide bonds. The smallest absolute Gasteiger partial charge is 0.267 e. The second kappa shape index (κ2) is 5.31. The predicted octanol–water partition coefficient (Wildman–Crippen LogP) is 0.895. The van der Waals surface area contributed by atoms with E-state index in [1.807, 2.05) is 23.1 Å². The molecule has 0 unspecified atom stereocenters. The van der Waals surface area contributed by atoms with Crippen molar-refractivity contribution in [1.29, 1.82) is 0 Å². The number of nitrogens with zero attached hydrogens (tertiary/aromatic N) is 5. The third-order valence-electron chi connectivity index (χ3n) is 3.11. The van der Waals surface area contributed by atoms with Gasteiger partial charge in [-0.1, -0.05) is 10.6 Å². The summed E-state index contributed by atoms with van der Waals surface area (Å²) in [6, 6.07) is 5.87. The van der Waals surface area contributed by atoms with Crippen LogP contribution in [0.2, 0.25) is 0 Å². The number of anilines is 1. The Labute approximate surface area is 114 Å². The summed E-state index contributed by atoms with van der Waals surface area (Å²) in [6.07, 6.45) is 3.31. The number of rotatable bonds is 2. The summed E-state index contributed by atoms with van der Waals surface area (Å²) in [7, 11) is 0. The van der Waals surface area contributed by atoms with Crippen molar-refractivity contribution in [2.45, 2.75) is 0 Å². The van der Waals surface area contributed by atoms with E-state index in [0.717, 1.165) is 30.4 Å². The van der Waals surface area contributed by atoms with E-state index in [-0.39, 0.29) is 5.91 Å². The molecule has 0 aromatic carbocycles. The molecule has 0 saturated carbocycles. The van der Waals surface area contributed by atoms with E-state index in [4.69, 9.17) is 0 Å². The summed E-state index contributed by atoms with van der Waals surface area (Å²) < 4.78 is 3.72. The molecule has 0 atom stereocenters. The molecule has 3 heterocycles. The molecule has 98 valence electrons. The molecule has 0 aliphatic carbocycles. The monoisotopic (exact) mass is 275 g/mol. The summed E-state index contributed by atoms with van der Waals surface area (Å²) >= 11 is 1.14. The Morgan fingerprint density at radius 3 is 2.68 bits per heavy atom. The molecule has 6 nitrogen and oxygen atoms in total. The van der Waals surface area contributed by atoms with Gasteiger partial charge in [0.25, 0.3) is 5.91 Å². The highest BCUT2D eigenvalue weighted by Gasteiger charge is 2.23. The molecule has 1 saturated heterocycles. The average Bonchev–Trinajstić information content (AvgIpc) is 3.02. The minimum Gasteiger partial charge on any atom is -0.353 e. The zero-order valence-corrected chi connectivity index (χ0v) is 11.1. The van der Waals surface area contributed by atoms with Crippen LogP contribution in [-0.4, -0.2) is 51.6 Å². The van der Waals surface area contributed by atoms with Crippen molar-refractivity contribution in [2.75, 3.05) is 31.1 Å². The zero-order valence-electron chi connectivity index (χ0n) is 10.3. The SMILES string of the molecule is O=C(c1cnns1)N1CCN(c2ccccn2)CC1.